The van der Waals surface area contributed by atoms with Gasteiger partial charge in [-0.25, -0.2) is 0 Å². The Kier molecular flexibility index (Phi) is 5.88. The summed E-state index contributed by atoms with van der Waals surface area (Å²) in [5.74, 6) is -1.43. The van der Waals surface area contributed by atoms with Gasteiger partial charge in [0.05, 0.1) is 11.5 Å². The Morgan fingerprint density at radius 1 is 1.16 bits per heavy atom. The van der Waals surface area contributed by atoms with Crippen molar-refractivity contribution in [1.29, 1.82) is 0 Å². The van der Waals surface area contributed by atoms with Crippen molar-refractivity contribution in [2.45, 2.75) is 57.5 Å². The highest BCUT2D eigenvalue weighted by atomic mass is 32.1. The summed E-state index contributed by atoms with van der Waals surface area (Å²) < 4.78 is 39.9. The van der Waals surface area contributed by atoms with Gasteiger partial charge in [-0.1, -0.05) is 32.0 Å². The molecule has 0 fully saturated rings. The zero-order valence-electron chi connectivity index (χ0n) is 17.8. The van der Waals surface area contributed by atoms with Gasteiger partial charge in [-0.2, -0.15) is 13.2 Å². The van der Waals surface area contributed by atoms with Gasteiger partial charge < -0.3 is 5.11 Å². The zero-order chi connectivity index (χ0) is 23.2. The summed E-state index contributed by atoms with van der Waals surface area (Å²) >= 11 is 1.31. The zero-order valence-corrected chi connectivity index (χ0v) is 18.6. The number of halogens is 3. The van der Waals surface area contributed by atoms with Crippen molar-refractivity contribution in [2.75, 3.05) is 0 Å². The molecule has 0 bridgehead atoms. The van der Waals surface area contributed by atoms with Crippen LogP contribution in [-0.2, 0) is 23.8 Å². The van der Waals surface area contributed by atoms with E-state index < -0.39 is 23.6 Å². The molecule has 0 saturated carbocycles. The standard InChI is InChI=1S/C25H23F3O3S/c1-13(2)23-18-8-6-16(25(26,27)28)12-22(18)32-21(23)10-9-20(29)15-4-3-14-5-7-17(24(30)31)19(14)11-15/h3-4,6,8,11-13,17H,5,7,9-10H2,1-2H3,(H,30,31). The first-order valence-electron chi connectivity index (χ1n) is 10.6. The molecule has 1 unspecified atom stereocenters. The lowest BCUT2D eigenvalue weighted by atomic mass is 9.94. The first-order valence-corrected chi connectivity index (χ1v) is 11.4. The number of hydrogen-bond acceptors (Lipinski definition) is 3. The SMILES string of the molecule is CC(C)c1c(CCC(=O)c2ccc3c(c2)C(C(=O)O)CC3)sc2cc(C(F)(F)F)ccc12. The maximum atomic E-state index is 13.1. The van der Waals surface area contributed by atoms with Crippen molar-refractivity contribution >= 4 is 33.2 Å². The molecule has 3 nitrogen and oxygen atoms in total. The van der Waals surface area contributed by atoms with E-state index in [0.29, 0.717) is 35.1 Å². The second-order valence-electron chi connectivity index (χ2n) is 8.57. The third-order valence-electron chi connectivity index (χ3n) is 6.13. The first-order chi connectivity index (χ1) is 15.1. The molecule has 2 aromatic carbocycles. The lowest BCUT2D eigenvalue weighted by molar-refractivity contribution is -0.139. The van der Waals surface area contributed by atoms with Gasteiger partial charge in [-0.05, 0) is 65.5 Å². The number of carboxylic acids is 1. The number of ketones is 1. The van der Waals surface area contributed by atoms with Crippen molar-refractivity contribution < 1.29 is 27.9 Å². The number of carbonyl (C=O) groups is 2. The fourth-order valence-corrected chi connectivity index (χ4v) is 5.96. The minimum absolute atomic E-state index is 0.0908. The molecule has 0 aliphatic heterocycles. The van der Waals surface area contributed by atoms with Crippen LogP contribution >= 0.6 is 11.3 Å². The number of carboxylic acid groups (broad SMARTS) is 1. The Morgan fingerprint density at radius 3 is 2.56 bits per heavy atom. The lowest BCUT2D eigenvalue weighted by Crippen LogP contribution is -2.09. The number of aliphatic carboxylic acids is 1. The average Bonchev–Trinajstić information content (AvgIpc) is 3.31. The molecule has 32 heavy (non-hydrogen) atoms. The molecule has 168 valence electrons. The number of rotatable bonds is 6. The summed E-state index contributed by atoms with van der Waals surface area (Å²) in [6.07, 6.45) is -2.50. The van der Waals surface area contributed by atoms with Crippen molar-refractivity contribution in [3.05, 3.63) is 69.1 Å². The molecule has 1 atom stereocenters. The summed E-state index contributed by atoms with van der Waals surface area (Å²) in [7, 11) is 0. The van der Waals surface area contributed by atoms with Crippen molar-refractivity contribution in [2.24, 2.45) is 0 Å². The van der Waals surface area contributed by atoms with Crippen LogP contribution < -0.4 is 0 Å². The van der Waals surface area contributed by atoms with Gasteiger partial charge in [0.1, 0.15) is 0 Å². The lowest BCUT2D eigenvalue weighted by Gasteiger charge is -2.10. The van der Waals surface area contributed by atoms with Crippen LogP contribution in [0.1, 0.15) is 76.0 Å². The highest BCUT2D eigenvalue weighted by molar-refractivity contribution is 7.19. The molecule has 1 aromatic heterocycles. The summed E-state index contributed by atoms with van der Waals surface area (Å²) in [6, 6.07) is 9.11. The van der Waals surface area contributed by atoms with Crippen LogP contribution in [0.4, 0.5) is 13.2 Å². The number of thiophene rings is 1. The van der Waals surface area contributed by atoms with E-state index in [4.69, 9.17) is 0 Å². The van der Waals surface area contributed by atoms with E-state index in [1.54, 1.807) is 12.1 Å². The summed E-state index contributed by atoms with van der Waals surface area (Å²) in [5.41, 5.74) is 2.50. The molecular weight excluding hydrogens is 437 g/mol. The molecule has 4 rings (SSSR count). The predicted molar refractivity (Wildman–Crippen MR) is 119 cm³/mol. The Morgan fingerprint density at radius 2 is 1.91 bits per heavy atom. The van der Waals surface area contributed by atoms with Crippen molar-refractivity contribution in [1.82, 2.24) is 0 Å². The van der Waals surface area contributed by atoms with Crippen LogP contribution in [0.25, 0.3) is 10.1 Å². The van der Waals surface area contributed by atoms with Gasteiger partial charge >= 0.3 is 12.1 Å². The van der Waals surface area contributed by atoms with Crippen molar-refractivity contribution in [3.63, 3.8) is 0 Å². The second kappa shape index (κ2) is 8.35. The molecule has 1 aliphatic carbocycles. The highest BCUT2D eigenvalue weighted by Gasteiger charge is 2.31. The number of fused-ring (bicyclic) bond motifs is 2. The van der Waals surface area contributed by atoms with Crippen LogP contribution in [0.15, 0.2) is 36.4 Å². The number of carbonyl (C=O) groups excluding carboxylic acids is 1. The summed E-state index contributed by atoms with van der Waals surface area (Å²) in [4.78, 5) is 25.3. The second-order valence-corrected chi connectivity index (χ2v) is 9.71. The van der Waals surface area contributed by atoms with E-state index in [-0.39, 0.29) is 18.1 Å². The molecular formula is C25H23F3O3S. The molecule has 0 amide bonds. The average molecular weight is 461 g/mol. The first kappa shape index (κ1) is 22.5. The van der Waals surface area contributed by atoms with Crippen LogP contribution in [0.3, 0.4) is 0 Å². The molecule has 1 heterocycles. The maximum Gasteiger partial charge on any atom is 0.416 e. The number of aryl methyl sites for hydroxylation is 2. The van der Waals surface area contributed by atoms with Crippen molar-refractivity contribution in [3.8, 4) is 0 Å². The van der Waals surface area contributed by atoms with Crippen LogP contribution in [-0.4, -0.2) is 16.9 Å². The molecule has 0 saturated heterocycles. The normalized spacial score (nSPS) is 16.0. The predicted octanol–water partition coefficient (Wildman–Crippen LogP) is 6.97. The number of alkyl halides is 3. The highest BCUT2D eigenvalue weighted by Crippen LogP contribution is 2.40. The summed E-state index contributed by atoms with van der Waals surface area (Å²) in [5, 5.41) is 10.2. The van der Waals surface area contributed by atoms with Crippen LogP contribution in [0.5, 0.6) is 0 Å². The molecule has 7 heteroatoms. The van der Waals surface area contributed by atoms with E-state index in [1.165, 1.54) is 23.5 Å². The van der Waals surface area contributed by atoms with Gasteiger partial charge in [-0.3, -0.25) is 9.59 Å². The third kappa shape index (κ3) is 4.18. The molecule has 1 aliphatic rings. The van der Waals surface area contributed by atoms with E-state index in [2.05, 4.69) is 0 Å². The van der Waals surface area contributed by atoms with E-state index >= 15 is 0 Å². The van der Waals surface area contributed by atoms with Gasteiger partial charge in [0.2, 0.25) is 0 Å². The maximum absolute atomic E-state index is 13.1. The quantitative estimate of drug-likeness (QED) is 0.404. The number of Topliss-reactive ketones (excluding diaryl/α,β-unsaturated/α-hetero) is 1. The van der Waals surface area contributed by atoms with Crippen LogP contribution in [0.2, 0.25) is 0 Å². The van der Waals surface area contributed by atoms with Crippen LogP contribution in [0, 0.1) is 0 Å². The molecule has 1 N–H and O–H groups in total. The summed E-state index contributed by atoms with van der Waals surface area (Å²) in [6.45, 7) is 3.99. The fraction of sp³-hybridized carbons (Fsp3) is 0.360. The third-order valence-corrected chi connectivity index (χ3v) is 7.36. The minimum atomic E-state index is -4.40. The van der Waals surface area contributed by atoms with E-state index in [0.717, 1.165) is 27.5 Å². The smallest absolute Gasteiger partial charge is 0.416 e. The topological polar surface area (TPSA) is 54.4 Å². The van der Waals surface area contributed by atoms with Gasteiger partial charge in [-0.15, -0.1) is 11.3 Å². The largest absolute Gasteiger partial charge is 0.481 e. The minimum Gasteiger partial charge on any atom is -0.481 e. The van der Waals surface area contributed by atoms with Gasteiger partial charge in [0, 0.05) is 21.6 Å². The monoisotopic (exact) mass is 460 g/mol. The Balaban J connectivity index is 1.59. The Bertz CT molecular complexity index is 1210. The Labute approximate surface area is 187 Å². The van der Waals surface area contributed by atoms with E-state index in [1.807, 2.05) is 19.9 Å². The van der Waals surface area contributed by atoms with Gasteiger partial charge in [0.15, 0.2) is 5.78 Å². The Hall–Kier alpha value is -2.67. The van der Waals surface area contributed by atoms with E-state index in [9.17, 15) is 27.9 Å². The number of benzene rings is 2. The molecule has 3 aromatic rings. The van der Waals surface area contributed by atoms with Gasteiger partial charge in [0.25, 0.3) is 0 Å². The fourth-order valence-electron chi connectivity index (χ4n) is 4.57. The number of hydrogen-bond donors (Lipinski definition) is 1. The molecule has 0 radical (unpaired) electrons. The molecule has 0 spiro atoms.